The highest BCUT2D eigenvalue weighted by Gasteiger charge is 2.20. The van der Waals surface area contributed by atoms with Gasteiger partial charge in [0.25, 0.3) is 0 Å². The standard InChI is InChI=1S/C13H16N2OS/c1-2-7-16-12-11-9-5-3-4-6-10(9)17-13(11)15-8-14-12/h8H,2-7H2,1H3. The van der Waals surface area contributed by atoms with Crippen molar-refractivity contribution >= 4 is 21.6 Å². The molecular formula is C13H16N2OS. The number of thiophene rings is 1. The van der Waals surface area contributed by atoms with E-state index in [0.29, 0.717) is 0 Å². The van der Waals surface area contributed by atoms with Crippen LogP contribution in [0.15, 0.2) is 6.33 Å². The van der Waals surface area contributed by atoms with Crippen LogP contribution in [-0.4, -0.2) is 16.6 Å². The second kappa shape index (κ2) is 4.61. The van der Waals surface area contributed by atoms with Crippen molar-refractivity contribution in [1.82, 2.24) is 9.97 Å². The van der Waals surface area contributed by atoms with E-state index in [9.17, 15) is 0 Å². The summed E-state index contributed by atoms with van der Waals surface area (Å²) in [7, 11) is 0. The summed E-state index contributed by atoms with van der Waals surface area (Å²) in [4.78, 5) is 11.3. The second-order valence-corrected chi connectivity index (χ2v) is 5.50. The zero-order valence-corrected chi connectivity index (χ0v) is 10.8. The van der Waals surface area contributed by atoms with Crippen LogP contribution in [0.3, 0.4) is 0 Å². The largest absolute Gasteiger partial charge is 0.477 e. The molecule has 0 atom stereocenters. The molecule has 0 aliphatic heterocycles. The van der Waals surface area contributed by atoms with Gasteiger partial charge in [-0.25, -0.2) is 9.97 Å². The van der Waals surface area contributed by atoms with Crippen molar-refractivity contribution in [3.05, 3.63) is 16.8 Å². The van der Waals surface area contributed by atoms with E-state index >= 15 is 0 Å². The van der Waals surface area contributed by atoms with Crippen LogP contribution in [0.2, 0.25) is 0 Å². The minimum atomic E-state index is 0.733. The summed E-state index contributed by atoms with van der Waals surface area (Å²) in [5, 5.41) is 1.18. The number of aryl methyl sites for hydroxylation is 2. The Morgan fingerprint density at radius 1 is 1.29 bits per heavy atom. The maximum atomic E-state index is 5.75. The topological polar surface area (TPSA) is 35.0 Å². The lowest BCUT2D eigenvalue weighted by atomic mass is 9.97. The molecule has 0 saturated carbocycles. The van der Waals surface area contributed by atoms with Crippen LogP contribution < -0.4 is 4.74 Å². The van der Waals surface area contributed by atoms with Crippen molar-refractivity contribution in [3.63, 3.8) is 0 Å². The average Bonchev–Trinajstić information content (AvgIpc) is 2.75. The lowest BCUT2D eigenvalue weighted by Gasteiger charge is -2.11. The fourth-order valence-corrected chi connectivity index (χ4v) is 3.59. The first kappa shape index (κ1) is 11.0. The highest BCUT2D eigenvalue weighted by molar-refractivity contribution is 7.18. The Balaban J connectivity index is 2.12. The van der Waals surface area contributed by atoms with Gasteiger partial charge < -0.3 is 4.74 Å². The summed E-state index contributed by atoms with van der Waals surface area (Å²) in [5.74, 6) is 0.788. The molecule has 0 bridgehead atoms. The van der Waals surface area contributed by atoms with Gasteiger partial charge in [-0.1, -0.05) is 6.92 Å². The first-order chi connectivity index (χ1) is 8.40. The fraction of sp³-hybridized carbons (Fsp3) is 0.538. The van der Waals surface area contributed by atoms with Gasteiger partial charge in [0.1, 0.15) is 11.2 Å². The third kappa shape index (κ3) is 1.90. The smallest absolute Gasteiger partial charge is 0.225 e. The molecule has 3 nitrogen and oxygen atoms in total. The first-order valence-corrected chi connectivity index (χ1v) is 7.10. The van der Waals surface area contributed by atoms with Gasteiger partial charge in [0.15, 0.2) is 0 Å². The average molecular weight is 248 g/mol. The van der Waals surface area contributed by atoms with E-state index in [-0.39, 0.29) is 0 Å². The van der Waals surface area contributed by atoms with Gasteiger partial charge in [-0.15, -0.1) is 11.3 Å². The summed E-state index contributed by atoms with van der Waals surface area (Å²) in [5.41, 5.74) is 1.45. The van der Waals surface area contributed by atoms with Crippen LogP contribution in [0.4, 0.5) is 0 Å². The molecule has 1 aliphatic carbocycles. The quantitative estimate of drug-likeness (QED) is 0.835. The number of rotatable bonds is 3. The molecule has 17 heavy (non-hydrogen) atoms. The molecule has 0 radical (unpaired) electrons. The maximum Gasteiger partial charge on any atom is 0.225 e. The normalized spacial score (nSPS) is 14.9. The molecular weight excluding hydrogens is 232 g/mol. The van der Waals surface area contributed by atoms with E-state index < -0.39 is 0 Å². The van der Waals surface area contributed by atoms with E-state index in [4.69, 9.17) is 4.74 Å². The summed E-state index contributed by atoms with van der Waals surface area (Å²) >= 11 is 1.82. The van der Waals surface area contributed by atoms with Crippen molar-refractivity contribution in [3.8, 4) is 5.88 Å². The van der Waals surface area contributed by atoms with Crippen LogP contribution in [0, 0.1) is 0 Å². The van der Waals surface area contributed by atoms with Crippen LogP contribution in [0.5, 0.6) is 5.88 Å². The molecule has 3 rings (SSSR count). The molecule has 0 spiro atoms. The molecule has 90 valence electrons. The van der Waals surface area contributed by atoms with E-state index in [1.165, 1.54) is 35.1 Å². The molecule has 1 aliphatic rings. The van der Waals surface area contributed by atoms with Gasteiger partial charge >= 0.3 is 0 Å². The van der Waals surface area contributed by atoms with E-state index in [2.05, 4.69) is 16.9 Å². The van der Waals surface area contributed by atoms with Crippen molar-refractivity contribution < 1.29 is 4.74 Å². The zero-order valence-electron chi connectivity index (χ0n) is 10.0. The number of hydrogen-bond acceptors (Lipinski definition) is 4. The molecule has 0 saturated heterocycles. The summed E-state index contributed by atoms with van der Waals surface area (Å²) < 4.78 is 5.75. The van der Waals surface area contributed by atoms with Gasteiger partial charge in [0, 0.05) is 4.88 Å². The molecule has 0 unspecified atom stereocenters. The molecule has 2 aromatic rings. The highest BCUT2D eigenvalue weighted by atomic mass is 32.1. The Bertz CT molecular complexity index is 535. The molecule has 0 aromatic carbocycles. The lowest BCUT2D eigenvalue weighted by molar-refractivity contribution is 0.309. The van der Waals surface area contributed by atoms with Crippen molar-refractivity contribution in [2.24, 2.45) is 0 Å². The fourth-order valence-electron chi connectivity index (χ4n) is 2.37. The van der Waals surface area contributed by atoms with Gasteiger partial charge in [-0.2, -0.15) is 0 Å². The Labute approximate surface area is 105 Å². The first-order valence-electron chi connectivity index (χ1n) is 6.28. The number of nitrogens with zero attached hydrogens (tertiary/aromatic N) is 2. The number of ether oxygens (including phenoxy) is 1. The van der Waals surface area contributed by atoms with E-state index in [1.54, 1.807) is 6.33 Å². The predicted molar refractivity (Wildman–Crippen MR) is 69.8 cm³/mol. The third-order valence-electron chi connectivity index (χ3n) is 3.16. The van der Waals surface area contributed by atoms with Crippen LogP contribution >= 0.6 is 11.3 Å². The van der Waals surface area contributed by atoms with Gasteiger partial charge in [-0.05, 0) is 37.7 Å². The second-order valence-electron chi connectivity index (χ2n) is 4.42. The SMILES string of the molecule is CCCOc1ncnc2sc3c(c12)CCCC3. The molecule has 2 aromatic heterocycles. The lowest BCUT2D eigenvalue weighted by Crippen LogP contribution is -2.01. The van der Waals surface area contributed by atoms with E-state index in [1.807, 2.05) is 11.3 Å². The van der Waals surface area contributed by atoms with Crippen molar-refractivity contribution in [2.75, 3.05) is 6.61 Å². The zero-order chi connectivity index (χ0) is 11.7. The number of aromatic nitrogens is 2. The van der Waals surface area contributed by atoms with Crippen LogP contribution in [0.1, 0.15) is 36.6 Å². The number of hydrogen-bond donors (Lipinski definition) is 0. The maximum absolute atomic E-state index is 5.75. The van der Waals surface area contributed by atoms with Gasteiger partial charge in [0.05, 0.1) is 12.0 Å². The molecule has 0 amide bonds. The Hall–Kier alpha value is -1.16. The Morgan fingerprint density at radius 2 is 2.18 bits per heavy atom. The van der Waals surface area contributed by atoms with Crippen molar-refractivity contribution in [1.29, 1.82) is 0 Å². The molecule has 0 N–H and O–H groups in total. The Morgan fingerprint density at radius 3 is 3.06 bits per heavy atom. The van der Waals surface area contributed by atoms with Crippen LogP contribution in [-0.2, 0) is 12.8 Å². The number of fused-ring (bicyclic) bond motifs is 3. The predicted octanol–water partition coefficient (Wildman–Crippen LogP) is 3.36. The highest BCUT2D eigenvalue weighted by Crippen LogP contribution is 2.38. The summed E-state index contributed by atoms with van der Waals surface area (Å²) in [6.45, 7) is 2.85. The summed E-state index contributed by atoms with van der Waals surface area (Å²) in [6, 6.07) is 0. The molecule has 0 fully saturated rings. The molecule has 4 heteroatoms. The molecule has 2 heterocycles. The van der Waals surface area contributed by atoms with Crippen molar-refractivity contribution in [2.45, 2.75) is 39.0 Å². The minimum absolute atomic E-state index is 0.733. The van der Waals surface area contributed by atoms with Crippen LogP contribution in [0.25, 0.3) is 10.2 Å². The van der Waals surface area contributed by atoms with Gasteiger partial charge in [-0.3, -0.25) is 0 Å². The minimum Gasteiger partial charge on any atom is -0.477 e. The Kier molecular flexibility index (Phi) is 2.97. The van der Waals surface area contributed by atoms with Gasteiger partial charge in [0.2, 0.25) is 5.88 Å². The third-order valence-corrected chi connectivity index (χ3v) is 4.36. The van der Waals surface area contributed by atoms with E-state index in [0.717, 1.165) is 30.2 Å². The monoisotopic (exact) mass is 248 g/mol. The summed E-state index contributed by atoms with van der Waals surface area (Å²) in [6.07, 6.45) is 7.57.